The standard InChI is InChI=1S/C33H23BrCl2F3N5O6/c34-15-3-8-23(45)20(10-15)25-17-6-7-18-24(29(48)43(27(18)46)31(40)50)19(17)11-21-28(47)44(30(49)32(21,25)13-1-4-16(35)5-2-13)42-26-22(36)9-14(12-41-26)33(37,38)39/h1-6,8-10,12,18-19,21,24-25,45H,7,11H2,(H2,40,50)(H,41,42). The average molecular weight is 793 g/mol. The fourth-order valence-corrected chi connectivity index (χ4v) is 8.81. The smallest absolute Gasteiger partial charge is 0.417 e. The molecule has 4 aliphatic rings. The molecule has 2 aromatic carbocycles. The lowest BCUT2D eigenvalue weighted by Gasteiger charge is -2.50. The van der Waals surface area contributed by atoms with E-state index in [1.807, 2.05) is 0 Å². The number of primary amides is 1. The number of phenols is 1. The molecule has 6 amide bonds. The number of hydrogen-bond donors (Lipinski definition) is 3. The molecule has 7 rings (SSSR count). The highest BCUT2D eigenvalue weighted by Crippen LogP contribution is 2.65. The molecule has 2 aliphatic heterocycles. The Bertz CT molecular complexity index is 2060. The van der Waals surface area contributed by atoms with Crippen LogP contribution in [-0.4, -0.2) is 49.7 Å². The third-order valence-electron chi connectivity index (χ3n) is 10.1. The SMILES string of the molecule is NC(=O)N1C(=O)C2CC=C3C(CC4C(=O)N(Nc5ncc(C(F)(F)F)cc5Cl)C(=O)C4(c4ccc(Cl)cc4)C3c3cc(Br)ccc3O)C2C1=O. The van der Waals surface area contributed by atoms with Gasteiger partial charge in [0.15, 0.2) is 5.82 Å². The zero-order chi connectivity index (χ0) is 36.0. The number of alkyl halides is 3. The van der Waals surface area contributed by atoms with Gasteiger partial charge in [0.05, 0.1) is 33.8 Å². The number of amides is 6. The molecule has 2 saturated heterocycles. The number of aromatic hydroxyl groups is 1. The van der Waals surface area contributed by atoms with E-state index in [-0.39, 0.29) is 24.2 Å². The van der Waals surface area contributed by atoms with Crippen LogP contribution in [0.4, 0.5) is 23.8 Å². The minimum absolute atomic E-state index is 0.00728. The monoisotopic (exact) mass is 791 g/mol. The van der Waals surface area contributed by atoms with Crippen LogP contribution >= 0.6 is 39.1 Å². The number of halogens is 6. The molecule has 0 bridgehead atoms. The van der Waals surface area contributed by atoms with E-state index in [4.69, 9.17) is 28.9 Å². The van der Waals surface area contributed by atoms with E-state index < -0.39 is 87.2 Å². The molecule has 6 unspecified atom stereocenters. The molecule has 11 nitrogen and oxygen atoms in total. The van der Waals surface area contributed by atoms with E-state index in [1.165, 1.54) is 18.2 Å². The van der Waals surface area contributed by atoms with Crippen molar-refractivity contribution in [2.45, 2.75) is 30.4 Å². The molecular formula is C33H23BrCl2F3N5O6. The van der Waals surface area contributed by atoms with Gasteiger partial charge in [-0.15, -0.1) is 0 Å². The molecule has 0 spiro atoms. The van der Waals surface area contributed by atoms with Crippen LogP contribution in [-0.2, 0) is 30.8 Å². The predicted octanol–water partition coefficient (Wildman–Crippen LogP) is 5.94. The molecule has 3 aromatic rings. The lowest BCUT2D eigenvalue weighted by atomic mass is 9.49. The number of nitrogens with one attached hydrogen (secondary N) is 1. The fourth-order valence-electron chi connectivity index (χ4n) is 8.10. The molecule has 3 heterocycles. The van der Waals surface area contributed by atoms with E-state index in [2.05, 4.69) is 26.3 Å². The van der Waals surface area contributed by atoms with Crippen molar-refractivity contribution in [3.8, 4) is 5.75 Å². The second-order valence-corrected chi connectivity index (χ2v) is 14.2. The van der Waals surface area contributed by atoms with Crippen LogP contribution < -0.4 is 11.2 Å². The van der Waals surface area contributed by atoms with Crippen LogP contribution in [0.3, 0.4) is 0 Å². The third-order valence-corrected chi connectivity index (χ3v) is 11.1. The number of likely N-dealkylation sites (tertiary alicyclic amines) is 1. The van der Waals surface area contributed by atoms with Gasteiger partial charge in [0.2, 0.25) is 11.8 Å². The molecule has 3 fully saturated rings. The first-order chi connectivity index (χ1) is 23.6. The van der Waals surface area contributed by atoms with Crippen molar-refractivity contribution in [1.29, 1.82) is 0 Å². The summed E-state index contributed by atoms with van der Waals surface area (Å²) in [6, 6.07) is 10.0. The number of aromatic nitrogens is 1. The van der Waals surface area contributed by atoms with Gasteiger partial charge in [0, 0.05) is 27.2 Å². The molecule has 1 saturated carbocycles. The Morgan fingerprint density at radius 3 is 2.36 bits per heavy atom. The highest BCUT2D eigenvalue weighted by atomic mass is 79.9. The maximum atomic E-state index is 15.1. The molecular weight excluding hydrogens is 770 g/mol. The van der Waals surface area contributed by atoms with Crippen LogP contribution in [0.2, 0.25) is 10.0 Å². The summed E-state index contributed by atoms with van der Waals surface area (Å²) in [7, 11) is 0. The Balaban J connectivity index is 1.45. The van der Waals surface area contributed by atoms with Crippen molar-refractivity contribution in [3.63, 3.8) is 0 Å². The number of carbonyl (C=O) groups excluding carboxylic acids is 5. The van der Waals surface area contributed by atoms with Crippen LogP contribution in [0.15, 0.2) is 70.8 Å². The first-order valence-corrected chi connectivity index (χ1v) is 16.6. The van der Waals surface area contributed by atoms with Gasteiger partial charge in [0.25, 0.3) is 11.8 Å². The van der Waals surface area contributed by atoms with Crippen molar-refractivity contribution < 1.29 is 42.3 Å². The van der Waals surface area contributed by atoms with Crippen molar-refractivity contribution in [2.24, 2.45) is 29.4 Å². The first kappa shape index (κ1) is 34.0. The van der Waals surface area contributed by atoms with Gasteiger partial charge in [-0.2, -0.15) is 23.1 Å². The molecule has 0 radical (unpaired) electrons. The van der Waals surface area contributed by atoms with Crippen LogP contribution in [0, 0.1) is 23.7 Å². The first-order valence-electron chi connectivity index (χ1n) is 15.1. The summed E-state index contributed by atoms with van der Waals surface area (Å²) in [6.45, 7) is 0. The number of fused-ring (bicyclic) bond motifs is 4. The molecule has 17 heteroatoms. The third kappa shape index (κ3) is 4.92. The predicted molar refractivity (Wildman–Crippen MR) is 174 cm³/mol. The van der Waals surface area contributed by atoms with Gasteiger partial charge in [-0.1, -0.05) is 62.9 Å². The largest absolute Gasteiger partial charge is 0.508 e. The highest BCUT2D eigenvalue weighted by Gasteiger charge is 2.71. The van der Waals surface area contributed by atoms with Crippen molar-refractivity contribution in [1.82, 2.24) is 14.9 Å². The second-order valence-electron chi connectivity index (χ2n) is 12.5. The number of benzene rings is 2. The van der Waals surface area contributed by atoms with E-state index in [1.54, 1.807) is 30.3 Å². The summed E-state index contributed by atoms with van der Waals surface area (Å²) in [5, 5.41) is 11.8. The number of nitrogens with zero attached hydrogens (tertiary/aromatic N) is 3. The summed E-state index contributed by atoms with van der Waals surface area (Å²) in [4.78, 5) is 73.0. The number of hydrogen-bond acceptors (Lipinski definition) is 8. The lowest BCUT2D eigenvalue weighted by molar-refractivity contribution is -0.140. The minimum atomic E-state index is -4.77. The maximum Gasteiger partial charge on any atom is 0.417 e. The number of urea groups is 1. The Labute approximate surface area is 299 Å². The van der Waals surface area contributed by atoms with E-state index in [0.29, 0.717) is 42.8 Å². The molecule has 2 aliphatic carbocycles. The summed E-state index contributed by atoms with van der Waals surface area (Å²) in [5.41, 5.74) is 5.90. The van der Waals surface area contributed by atoms with Gasteiger partial charge in [-0.25, -0.2) is 9.78 Å². The summed E-state index contributed by atoms with van der Waals surface area (Å²) < 4.78 is 40.6. The molecule has 6 atom stereocenters. The molecule has 1 aromatic heterocycles. The van der Waals surface area contributed by atoms with Crippen molar-refractivity contribution >= 4 is 74.6 Å². The number of carbonyl (C=O) groups is 5. The van der Waals surface area contributed by atoms with Crippen molar-refractivity contribution in [3.05, 3.63) is 97.6 Å². The van der Waals surface area contributed by atoms with Gasteiger partial charge in [0.1, 0.15) is 5.75 Å². The molecule has 4 N–H and O–H groups in total. The zero-order valence-electron chi connectivity index (χ0n) is 25.2. The number of anilines is 1. The summed E-state index contributed by atoms with van der Waals surface area (Å²) in [5.74, 6) is -9.41. The number of pyridine rings is 1. The number of hydrazine groups is 1. The van der Waals surface area contributed by atoms with Crippen LogP contribution in [0.25, 0.3) is 0 Å². The quantitative estimate of drug-likeness (QED) is 0.216. The maximum absolute atomic E-state index is 15.1. The minimum Gasteiger partial charge on any atom is -0.508 e. The molecule has 258 valence electrons. The number of nitrogens with two attached hydrogens (primary N) is 1. The number of phenolic OH excluding ortho intramolecular Hbond substituents is 1. The van der Waals surface area contributed by atoms with Crippen LogP contribution in [0.5, 0.6) is 5.75 Å². The van der Waals surface area contributed by atoms with Crippen LogP contribution in [0.1, 0.15) is 35.4 Å². The summed E-state index contributed by atoms with van der Waals surface area (Å²) in [6.07, 6.45) is -2.76. The number of imide groups is 4. The van der Waals surface area contributed by atoms with Gasteiger partial charge in [-0.3, -0.25) is 24.6 Å². The molecule has 50 heavy (non-hydrogen) atoms. The number of allylic oxidation sites excluding steroid dienone is 2. The topological polar surface area (TPSA) is 163 Å². The fraction of sp³-hybridized carbons (Fsp3) is 0.273. The Kier molecular flexibility index (Phi) is 8.03. The zero-order valence-corrected chi connectivity index (χ0v) is 28.3. The van der Waals surface area contributed by atoms with Gasteiger partial charge in [-0.05, 0) is 60.7 Å². The average Bonchev–Trinajstić information content (AvgIpc) is 3.44. The van der Waals surface area contributed by atoms with E-state index in [9.17, 15) is 37.5 Å². The van der Waals surface area contributed by atoms with Gasteiger partial charge < -0.3 is 10.8 Å². The van der Waals surface area contributed by atoms with E-state index in [0.717, 1.165) is 0 Å². The Morgan fingerprint density at radius 1 is 1.02 bits per heavy atom. The Hall–Kier alpha value is -4.47. The second kappa shape index (κ2) is 11.8. The van der Waals surface area contributed by atoms with E-state index >= 15 is 4.79 Å². The lowest BCUT2D eigenvalue weighted by Crippen LogP contribution is -2.53. The summed E-state index contributed by atoms with van der Waals surface area (Å²) >= 11 is 15.8. The Morgan fingerprint density at radius 2 is 1.72 bits per heavy atom. The van der Waals surface area contributed by atoms with Crippen molar-refractivity contribution in [2.75, 3.05) is 5.43 Å². The van der Waals surface area contributed by atoms with Gasteiger partial charge >= 0.3 is 12.2 Å². The highest BCUT2D eigenvalue weighted by molar-refractivity contribution is 9.10. The normalized spacial score (nSPS) is 27.6. The number of rotatable bonds is 4.